The summed E-state index contributed by atoms with van der Waals surface area (Å²) in [6.45, 7) is 2.12. The fourth-order valence-corrected chi connectivity index (χ4v) is 1.51. The topological polar surface area (TPSA) is 13.1 Å². The third kappa shape index (κ3) is 1.35. The van der Waals surface area contributed by atoms with E-state index in [0.29, 0.717) is 3.92 Å². The lowest BCUT2D eigenvalue weighted by molar-refractivity contribution is 0.558. The molecule has 0 bridgehead atoms. The number of furan rings is 1. The van der Waals surface area contributed by atoms with Crippen LogP contribution in [0.25, 0.3) is 11.0 Å². The predicted molar refractivity (Wildman–Crippen MR) is 58.6 cm³/mol. The number of fused-ring (bicyclic) bond motifs is 1. The average Bonchev–Trinajstić information content (AvgIpc) is 2.46. The van der Waals surface area contributed by atoms with Crippen LogP contribution in [0.1, 0.15) is 16.6 Å². The zero-order chi connectivity index (χ0) is 8.55. The Kier molecular flexibility index (Phi) is 2.09. The summed E-state index contributed by atoms with van der Waals surface area (Å²) >= 11 is 2.35. The van der Waals surface area contributed by atoms with Gasteiger partial charge in [0.1, 0.15) is 11.3 Å². The Hall–Kier alpha value is -0.510. The first-order chi connectivity index (χ1) is 5.77. The third-order valence-corrected chi connectivity index (χ3v) is 2.45. The maximum absolute atomic E-state index is 5.62. The average molecular weight is 272 g/mol. The fourth-order valence-electron chi connectivity index (χ4n) is 1.20. The van der Waals surface area contributed by atoms with Crippen molar-refractivity contribution in [1.82, 2.24) is 0 Å². The summed E-state index contributed by atoms with van der Waals surface area (Å²) in [6, 6.07) is 10.2. The summed E-state index contributed by atoms with van der Waals surface area (Å²) in [5.74, 6) is 1.05. The van der Waals surface area contributed by atoms with E-state index < -0.39 is 0 Å². The normalized spacial score (nSPS) is 13.5. The van der Waals surface area contributed by atoms with Crippen LogP contribution in [-0.2, 0) is 0 Å². The summed E-state index contributed by atoms with van der Waals surface area (Å²) in [5, 5.41) is 1.19. The van der Waals surface area contributed by atoms with Crippen molar-refractivity contribution in [2.75, 3.05) is 0 Å². The molecule has 2 heteroatoms. The Balaban J connectivity index is 2.62. The van der Waals surface area contributed by atoms with Crippen LogP contribution < -0.4 is 0 Å². The van der Waals surface area contributed by atoms with Crippen LogP contribution in [-0.4, -0.2) is 0 Å². The van der Waals surface area contributed by atoms with Gasteiger partial charge in [-0.25, -0.2) is 0 Å². The number of rotatable bonds is 1. The molecule has 0 saturated heterocycles. The van der Waals surface area contributed by atoms with E-state index in [4.69, 9.17) is 4.42 Å². The van der Waals surface area contributed by atoms with Gasteiger partial charge < -0.3 is 4.42 Å². The fraction of sp³-hybridized carbons (Fsp3) is 0.200. The molecule has 12 heavy (non-hydrogen) atoms. The zero-order valence-electron chi connectivity index (χ0n) is 6.75. The highest BCUT2D eigenvalue weighted by molar-refractivity contribution is 14.1. The third-order valence-electron chi connectivity index (χ3n) is 1.84. The van der Waals surface area contributed by atoms with Crippen LogP contribution in [0.15, 0.2) is 34.7 Å². The molecule has 0 aliphatic heterocycles. The van der Waals surface area contributed by atoms with Gasteiger partial charge in [0.05, 0.1) is 3.92 Å². The minimum absolute atomic E-state index is 0.440. The van der Waals surface area contributed by atoms with Crippen molar-refractivity contribution in [1.29, 1.82) is 0 Å². The number of halogens is 1. The lowest BCUT2D eigenvalue weighted by Gasteiger charge is -1.93. The summed E-state index contributed by atoms with van der Waals surface area (Å²) in [4.78, 5) is 0. The van der Waals surface area contributed by atoms with Crippen molar-refractivity contribution in [2.24, 2.45) is 0 Å². The van der Waals surface area contributed by atoms with Crippen molar-refractivity contribution >= 4 is 33.6 Å². The van der Waals surface area contributed by atoms with E-state index in [9.17, 15) is 0 Å². The van der Waals surface area contributed by atoms with Crippen molar-refractivity contribution in [3.63, 3.8) is 0 Å². The van der Waals surface area contributed by atoms with Crippen molar-refractivity contribution < 1.29 is 4.42 Å². The van der Waals surface area contributed by atoms with Crippen LogP contribution >= 0.6 is 22.6 Å². The number of para-hydroxylation sites is 1. The molecule has 2 rings (SSSR count). The summed E-state index contributed by atoms with van der Waals surface area (Å²) < 4.78 is 6.06. The van der Waals surface area contributed by atoms with Crippen LogP contribution in [0, 0.1) is 0 Å². The maximum atomic E-state index is 5.62. The minimum atomic E-state index is 0.440. The van der Waals surface area contributed by atoms with Gasteiger partial charge in [-0.1, -0.05) is 40.8 Å². The van der Waals surface area contributed by atoms with E-state index in [1.54, 1.807) is 0 Å². The van der Waals surface area contributed by atoms with Gasteiger partial charge in [0, 0.05) is 5.39 Å². The minimum Gasteiger partial charge on any atom is -0.460 e. The lowest BCUT2D eigenvalue weighted by atomic mass is 10.2. The van der Waals surface area contributed by atoms with Crippen LogP contribution in [0.5, 0.6) is 0 Å². The molecule has 0 spiro atoms. The second-order valence-corrected chi connectivity index (χ2v) is 4.67. The van der Waals surface area contributed by atoms with Gasteiger partial charge in [-0.05, 0) is 19.1 Å². The molecule has 1 atom stereocenters. The molecular formula is C10H9IO. The Bertz CT molecular complexity index is 356. The lowest BCUT2D eigenvalue weighted by Crippen LogP contribution is -1.74. The van der Waals surface area contributed by atoms with Gasteiger partial charge in [0.15, 0.2) is 0 Å². The van der Waals surface area contributed by atoms with Gasteiger partial charge in [0.25, 0.3) is 0 Å². The molecule has 1 aromatic carbocycles. The quantitative estimate of drug-likeness (QED) is 0.566. The molecule has 1 nitrogen and oxygen atoms in total. The predicted octanol–water partition coefficient (Wildman–Crippen LogP) is 3.93. The zero-order valence-corrected chi connectivity index (χ0v) is 8.91. The molecule has 0 aliphatic carbocycles. The molecule has 0 fully saturated rings. The van der Waals surface area contributed by atoms with Gasteiger partial charge in [-0.3, -0.25) is 0 Å². The van der Waals surface area contributed by atoms with E-state index in [2.05, 4.69) is 41.6 Å². The van der Waals surface area contributed by atoms with Crippen LogP contribution in [0.2, 0.25) is 0 Å². The standard InChI is InChI=1S/C10H9IO/c1-7(11)10-6-8-4-2-3-5-9(8)12-10/h2-7H,1H3. The molecule has 1 heterocycles. The molecule has 0 saturated carbocycles. The van der Waals surface area contributed by atoms with Crippen LogP contribution in [0.4, 0.5) is 0 Å². The molecule has 62 valence electrons. The SMILES string of the molecule is CC(I)c1cc2ccccc2o1. The van der Waals surface area contributed by atoms with Gasteiger partial charge in [-0.2, -0.15) is 0 Å². The molecule has 0 aliphatic rings. The number of hydrogen-bond donors (Lipinski definition) is 0. The van der Waals surface area contributed by atoms with Crippen molar-refractivity contribution in [3.8, 4) is 0 Å². The molecule has 0 amide bonds. The summed E-state index contributed by atoms with van der Waals surface area (Å²) in [5.41, 5.74) is 0.982. The molecule has 0 radical (unpaired) electrons. The number of alkyl halides is 1. The van der Waals surface area contributed by atoms with Gasteiger partial charge >= 0.3 is 0 Å². The molecule has 2 aromatic rings. The van der Waals surface area contributed by atoms with Crippen LogP contribution in [0.3, 0.4) is 0 Å². The first kappa shape index (κ1) is 8.10. The highest BCUT2D eigenvalue weighted by Gasteiger charge is 2.06. The Morgan fingerprint density at radius 1 is 1.33 bits per heavy atom. The maximum Gasteiger partial charge on any atom is 0.134 e. The van der Waals surface area contributed by atoms with E-state index in [0.717, 1.165) is 11.3 Å². The van der Waals surface area contributed by atoms with E-state index >= 15 is 0 Å². The van der Waals surface area contributed by atoms with Gasteiger partial charge in [-0.15, -0.1) is 0 Å². The first-order valence-electron chi connectivity index (χ1n) is 3.90. The van der Waals surface area contributed by atoms with Crippen molar-refractivity contribution in [2.45, 2.75) is 10.8 Å². The highest BCUT2D eigenvalue weighted by Crippen LogP contribution is 2.28. The number of benzene rings is 1. The molecule has 0 N–H and O–H groups in total. The summed E-state index contributed by atoms with van der Waals surface area (Å²) in [7, 11) is 0. The molecule has 1 unspecified atom stereocenters. The largest absolute Gasteiger partial charge is 0.460 e. The van der Waals surface area contributed by atoms with Crippen molar-refractivity contribution in [3.05, 3.63) is 36.1 Å². The number of hydrogen-bond acceptors (Lipinski definition) is 1. The Labute approximate surface area is 84.9 Å². The summed E-state index contributed by atoms with van der Waals surface area (Å²) in [6.07, 6.45) is 0. The second-order valence-electron chi connectivity index (χ2n) is 2.80. The highest BCUT2D eigenvalue weighted by atomic mass is 127. The van der Waals surface area contributed by atoms with E-state index in [-0.39, 0.29) is 0 Å². The smallest absolute Gasteiger partial charge is 0.134 e. The Morgan fingerprint density at radius 3 is 2.75 bits per heavy atom. The van der Waals surface area contributed by atoms with E-state index in [1.807, 2.05) is 18.2 Å². The van der Waals surface area contributed by atoms with Gasteiger partial charge in [0.2, 0.25) is 0 Å². The molecule has 1 aromatic heterocycles. The second kappa shape index (κ2) is 3.09. The van der Waals surface area contributed by atoms with E-state index in [1.165, 1.54) is 5.39 Å². The first-order valence-corrected chi connectivity index (χ1v) is 5.14. The monoisotopic (exact) mass is 272 g/mol. The molecular weight excluding hydrogens is 263 g/mol. The Morgan fingerprint density at radius 2 is 2.08 bits per heavy atom.